The van der Waals surface area contributed by atoms with Crippen LogP contribution >= 0.6 is 0 Å². The van der Waals surface area contributed by atoms with E-state index in [1.807, 2.05) is 24.3 Å². The van der Waals surface area contributed by atoms with Crippen molar-refractivity contribution in [3.05, 3.63) is 30.0 Å². The molecule has 8 nitrogen and oxygen atoms in total. The normalized spacial score (nSPS) is 15.2. The molecule has 0 unspecified atom stereocenters. The quantitative estimate of drug-likeness (QED) is 0.693. The average Bonchev–Trinajstić information content (AvgIpc) is 3.13. The second kappa shape index (κ2) is 8.59. The number of carbonyl (C=O) groups excluding carboxylic acids is 1. The van der Waals surface area contributed by atoms with Gasteiger partial charge in [0.1, 0.15) is 11.4 Å². The summed E-state index contributed by atoms with van der Waals surface area (Å²) in [5.74, 6) is 0.184. The zero-order chi connectivity index (χ0) is 17.5. The van der Waals surface area contributed by atoms with E-state index in [9.17, 15) is 4.79 Å². The lowest BCUT2D eigenvalue weighted by Gasteiger charge is -2.26. The minimum absolute atomic E-state index is 0.136. The molecule has 0 spiro atoms. The van der Waals surface area contributed by atoms with Crippen molar-refractivity contribution in [3.8, 4) is 17.0 Å². The third kappa shape index (κ3) is 4.77. The topological polar surface area (TPSA) is 106 Å². The molecule has 0 bridgehead atoms. The number of aromatic nitrogens is 3. The van der Waals surface area contributed by atoms with E-state index >= 15 is 0 Å². The van der Waals surface area contributed by atoms with Crippen LogP contribution in [0.1, 0.15) is 23.3 Å². The van der Waals surface area contributed by atoms with Crippen LogP contribution in [0.3, 0.4) is 0 Å². The summed E-state index contributed by atoms with van der Waals surface area (Å²) in [6.07, 6.45) is 2.12. The van der Waals surface area contributed by atoms with E-state index in [0.717, 1.165) is 57.0 Å². The first-order valence-electron chi connectivity index (χ1n) is 8.48. The maximum absolute atomic E-state index is 11.3. The van der Waals surface area contributed by atoms with Crippen LogP contribution in [0.2, 0.25) is 0 Å². The van der Waals surface area contributed by atoms with Crippen molar-refractivity contribution in [3.63, 3.8) is 0 Å². The molecule has 1 aromatic carbocycles. The lowest BCUT2D eigenvalue weighted by Crippen LogP contribution is -2.36. The SMILES string of the molecule is NC(=O)c1n[nH]nc1-c1ccc(OCCCCN2CCOCC2)cc1. The number of amides is 1. The second-order valence-electron chi connectivity index (χ2n) is 5.92. The fraction of sp³-hybridized carbons (Fsp3) is 0.471. The molecule has 1 aliphatic rings. The lowest BCUT2D eigenvalue weighted by atomic mass is 10.1. The molecule has 0 atom stereocenters. The Morgan fingerprint density at radius 3 is 2.68 bits per heavy atom. The van der Waals surface area contributed by atoms with Crippen molar-refractivity contribution in [2.75, 3.05) is 39.5 Å². The predicted molar refractivity (Wildman–Crippen MR) is 92.3 cm³/mol. The summed E-state index contributed by atoms with van der Waals surface area (Å²) in [5, 5.41) is 10.2. The van der Waals surface area contributed by atoms with Crippen LogP contribution in [0.5, 0.6) is 5.75 Å². The number of aromatic amines is 1. The van der Waals surface area contributed by atoms with Crippen LogP contribution < -0.4 is 10.5 Å². The highest BCUT2D eigenvalue weighted by Crippen LogP contribution is 2.22. The number of hydrogen-bond acceptors (Lipinski definition) is 6. The number of hydrogen-bond donors (Lipinski definition) is 2. The summed E-state index contributed by atoms with van der Waals surface area (Å²) in [4.78, 5) is 13.7. The largest absolute Gasteiger partial charge is 0.494 e. The van der Waals surface area contributed by atoms with Gasteiger partial charge in [-0.2, -0.15) is 15.4 Å². The Bertz CT molecular complexity index is 680. The van der Waals surface area contributed by atoms with E-state index in [4.69, 9.17) is 15.2 Å². The van der Waals surface area contributed by atoms with Gasteiger partial charge in [-0.15, -0.1) is 0 Å². The fourth-order valence-corrected chi connectivity index (χ4v) is 2.77. The van der Waals surface area contributed by atoms with Crippen LogP contribution in [0, 0.1) is 0 Å². The number of carbonyl (C=O) groups is 1. The van der Waals surface area contributed by atoms with Crippen molar-refractivity contribution in [2.24, 2.45) is 5.73 Å². The number of nitrogens with one attached hydrogen (secondary N) is 1. The van der Waals surface area contributed by atoms with Crippen molar-refractivity contribution < 1.29 is 14.3 Å². The summed E-state index contributed by atoms with van der Waals surface area (Å²) in [6.45, 7) is 5.50. The van der Waals surface area contributed by atoms with Crippen LogP contribution in [0.4, 0.5) is 0 Å². The lowest BCUT2D eigenvalue weighted by molar-refractivity contribution is 0.0368. The first-order valence-corrected chi connectivity index (χ1v) is 8.48. The molecule has 0 aliphatic carbocycles. The Balaban J connectivity index is 1.43. The molecular formula is C17H23N5O3. The zero-order valence-corrected chi connectivity index (χ0v) is 14.1. The number of ether oxygens (including phenoxy) is 2. The molecule has 134 valence electrons. The highest BCUT2D eigenvalue weighted by Gasteiger charge is 2.15. The highest BCUT2D eigenvalue weighted by atomic mass is 16.5. The Morgan fingerprint density at radius 2 is 1.96 bits per heavy atom. The van der Waals surface area contributed by atoms with E-state index in [-0.39, 0.29) is 5.69 Å². The van der Waals surface area contributed by atoms with Gasteiger partial charge in [0.25, 0.3) is 5.91 Å². The third-order valence-corrected chi connectivity index (χ3v) is 4.15. The van der Waals surface area contributed by atoms with Crippen LogP contribution in [0.25, 0.3) is 11.3 Å². The number of morpholine rings is 1. The van der Waals surface area contributed by atoms with Gasteiger partial charge in [-0.3, -0.25) is 9.69 Å². The summed E-state index contributed by atoms with van der Waals surface area (Å²) >= 11 is 0. The fourth-order valence-electron chi connectivity index (χ4n) is 2.77. The van der Waals surface area contributed by atoms with Gasteiger partial charge >= 0.3 is 0 Å². The van der Waals surface area contributed by atoms with Crippen molar-refractivity contribution in [2.45, 2.75) is 12.8 Å². The molecule has 0 saturated carbocycles. The molecule has 1 amide bonds. The molecule has 3 rings (SSSR count). The zero-order valence-electron chi connectivity index (χ0n) is 14.1. The number of benzene rings is 1. The maximum atomic E-state index is 11.3. The number of primary amides is 1. The number of nitrogens with zero attached hydrogens (tertiary/aromatic N) is 3. The van der Waals surface area contributed by atoms with Gasteiger partial charge in [0.15, 0.2) is 5.69 Å². The smallest absolute Gasteiger partial charge is 0.271 e. The molecule has 1 fully saturated rings. The van der Waals surface area contributed by atoms with E-state index in [1.165, 1.54) is 0 Å². The molecule has 3 N–H and O–H groups in total. The minimum atomic E-state index is -0.607. The summed E-state index contributed by atoms with van der Waals surface area (Å²) in [6, 6.07) is 7.40. The van der Waals surface area contributed by atoms with Gasteiger partial charge in [-0.05, 0) is 43.7 Å². The average molecular weight is 345 g/mol. The number of H-pyrrole nitrogens is 1. The van der Waals surface area contributed by atoms with Gasteiger partial charge in [-0.25, -0.2) is 0 Å². The van der Waals surface area contributed by atoms with Crippen LogP contribution in [0.15, 0.2) is 24.3 Å². The molecule has 2 heterocycles. The van der Waals surface area contributed by atoms with Crippen molar-refractivity contribution >= 4 is 5.91 Å². The van der Waals surface area contributed by atoms with Crippen molar-refractivity contribution in [1.82, 2.24) is 20.3 Å². The van der Waals surface area contributed by atoms with Crippen LogP contribution in [-0.2, 0) is 4.74 Å². The Labute approximate surface area is 146 Å². The monoisotopic (exact) mass is 345 g/mol. The van der Waals surface area contributed by atoms with Gasteiger partial charge in [0.2, 0.25) is 0 Å². The van der Waals surface area contributed by atoms with Crippen LogP contribution in [-0.4, -0.2) is 65.7 Å². The molecule has 1 aliphatic heterocycles. The van der Waals surface area contributed by atoms with E-state index in [1.54, 1.807) is 0 Å². The van der Waals surface area contributed by atoms with Gasteiger partial charge in [0, 0.05) is 18.7 Å². The molecule has 1 saturated heterocycles. The van der Waals surface area contributed by atoms with E-state index in [0.29, 0.717) is 12.3 Å². The molecule has 1 aromatic heterocycles. The first-order chi connectivity index (χ1) is 12.2. The van der Waals surface area contributed by atoms with Gasteiger partial charge in [-0.1, -0.05) is 0 Å². The van der Waals surface area contributed by atoms with E-state index < -0.39 is 5.91 Å². The Kier molecular flexibility index (Phi) is 5.97. The number of unbranched alkanes of at least 4 members (excludes halogenated alkanes) is 1. The molecule has 2 aromatic rings. The number of rotatable bonds is 8. The summed E-state index contributed by atoms with van der Waals surface area (Å²) < 4.78 is 11.1. The summed E-state index contributed by atoms with van der Waals surface area (Å²) in [5.41, 5.74) is 6.63. The maximum Gasteiger partial charge on any atom is 0.271 e. The molecule has 8 heteroatoms. The first kappa shape index (κ1) is 17.4. The molecule has 25 heavy (non-hydrogen) atoms. The van der Waals surface area contributed by atoms with Crippen molar-refractivity contribution in [1.29, 1.82) is 0 Å². The number of nitrogens with two attached hydrogens (primary N) is 1. The van der Waals surface area contributed by atoms with Gasteiger partial charge in [0.05, 0.1) is 19.8 Å². The van der Waals surface area contributed by atoms with E-state index in [2.05, 4.69) is 20.3 Å². The molecular weight excluding hydrogens is 322 g/mol. The molecule has 0 radical (unpaired) electrons. The Hall–Kier alpha value is -2.45. The Morgan fingerprint density at radius 1 is 1.20 bits per heavy atom. The predicted octanol–water partition coefficient (Wildman–Crippen LogP) is 1.06. The third-order valence-electron chi connectivity index (χ3n) is 4.15. The van der Waals surface area contributed by atoms with Gasteiger partial charge < -0.3 is 15.2 Å². The minimum Gasteiger partial charge on any atom is -0.494 e. The standard InChI is InChI=1S/C17H23N5O3/c18-17(23)16-15(19-21-20-16)13-3-5-14(6-4-13)25-10-2-1-7-22-8-11-24-12-9-22/h3-6H,1-2,7-12H2,(H2,18,23)(H,19,20,21). The second-order valence-corrected chi connectivity index (χ2v) is 5.92. The summed E-state index contributed by atoms with van der Waals surface area (Å²) in [7, 11) is 0. The highest BCUT2D eigenvalue weighted by molar-refractivity contribution is 5.96.